The minimum absolute atomic E-state index is 0.926. The number of aromatic nitrogens is 1. The molecule has 0 aliphatic carbocycles. The first kappa shape index (κ1) is 9.20. The monoisotopic (exact) mass is 164 g/mol. The van der Waals surface area contributed by atoms with Crippen molar-refractivity contribution in [2.75, 3.05) is 6.54 Å². The second-order valence-electron chi connectivity index (χ2n) is 3.03. The fourth-order valence-electron chi connectivity index (χ4n) is 1.17. The van der Waals surface area contributed by atoms with Crippen LogP contribution in [0, 0.1) is 13.8 Å². The molecule has 1 heterocycles. The maximum Gasteiger partial charge on any atom is 0.0375 e. The molecule has 0 saturated heterocycles. The van der Waals surface area contributed by atoms with Crippen molar-refractivity contribution in [1.82, 2.24) is 10.3 Å². The SMILES string of the molecule is CCNCc1cnc(C)cc1C. The lowest BCUT2D eigenvalue weighted by atomic mass is 10.1. The predicted molar refractivity (Wildman–Crippen MR) is 51.1 cm³/mol. The van der Waals surface area contributed by atoms with Crippen LogP contribution in [-0.2, 0) is 6.54 Å². The van der Waals surface area contributed by atoms with E-state index in [0.717, 1.165) is 18.8 Å². The number of hydrogen-bond acceptors (Lipinski definition) is 2. The van der Waals surface area contributed by atoms with Gasteiger partial charge in [0.1, 0.15) is 0 Å². The molecule has 0 aromatic carbocycles. The lowest BCUT2D eigenvalue weighted by molar-refractivity contribution is 0.720. The number of rotatable bonds is 3. The summed E-state index contributed by atoms with van der Waals surface area (Å²) in [6, 6.07) is 2.12. The van der Waals surface area contributed by atoms with Gasteiger partial charge in [-0.1, -0.05) is 6.92 Å². The van der Waals surface area contributed by atoms with Gasteiger partial charge in [0.15, 0.2) is 0 Å². The maximum atomic E-state index is 4.25. The Balaban J connectivity index is 2.72. The molecule has 2 nitrogen and oxygen atoms in total. The van der Waals surface area contributed by atoms with Crippen LogP contribution in [0.5, 0.6) is 0 Å². The minimum Gasteiger partial charge on any atom is -0.313 e. The molecule has 0 fully saturated rings. The molecule has 0 aliphatic heterocycles. The van der Waals surface area contributed by atoms with Gasteiger partial charge in [0.25, 0.3) is 0 Å². The Morgan fingerprint density at radius 1 is 1.42 bits per heavy atom. The summed E-state index contributed by atoms with van der Waals surface area (Å²) in [6.07, 6.45) is 1.95. The molecule has 66 valence electrons. The van der Waals surface area contributed by atoms with Crippen molar-refractivity contribution in [3.05, 3.63) is 29.1 Å². The summed E-state index contributed by atoms with van der Waals surface area (Å²) in [6.45, 7) is 8.19. The van der Waals surface area contributed by atoms with E-state index >= 15 is 0 Å². The van der Waals surface area contributed by atoms with Crippen LogP contribution in [0.2, 0.25) is 0 Å². The van der Waals surface area contributed by atoms with E-state index in [1.807, 2.05) is 13.1 Å². The summed E-state index contributed by atoms with van der Waals surface area (Å²) < 4.78 is 0. The Morgan fingerprint density at radius 3 is 2.75 bits per heavy atom. The van der Waals surface area contributed by atoms with Gasteiger partial charge in [-0.25, -0.2) is 0 Å². The highest BCUT2D eigenvalue weighted by Gasteiger charge is 1.97. The van der Waals surface area contributed by atoms with Crippen molar-refractivity contribution < 1.29 is 0 Å². The van der Waals surface area contributed by atoms with Crippen LogP contribution in [0.4, 0.5) is 0 Å². The Labute approximate surface area is 74.0 Å². The molecule has 0 atom stereocenters. The van der Waals surface area contributed by atoms with Crippen LogP contribution < -0.4 is 5.32 Å². The molecule has 1 aromatic rings. The van der Waals surface area contributed by atoms with E-state index in [4.69, 9.17) is 0 Å². The second kappa shape index (κ2) is 4.21. The summed E-state index contributed by atoms with van der Waals surface area (Å²) in [5, 5.41) is 3.28. The summed E-state index contributed by atoms with van der Waals surface area (Å²) in [5.74, 6) is 0. The minimum atomic E-state index is 0.926. The van der Waals surface area contributed by atoms with Crippen LogP contribution >= 0.6 is 0 Å². The first-order chi connectivity index (χ1) is 5.74. The topological polar surface area (TPSA) is 24.9 Å². The van der Waals surface area contributed by atoms with Crippen molar-refractivity contribution in [3.8, 4) is 0 Å². The summed E-state index contributed by atoms with van der Waals surface area (Å²) >= 11 is 0. The van der Waals surface area contributed by atoms with Crippen LogP contribution in [0.3, 0.4) is 0 Å². The van der Waals surface area contributed by atoms with Crippen molar-refractivity contribution in [3.63, 3.8) is 0 Å². The molecule has 2 heteroatoms. The van der Waals surface area contributed by atoms with Gasteiger partial charge < -0.3 is 5.32 Å². The standard InChI is InChI=1S/C10H16N2/c1-4-11-6-10-7-12-9(3)5-8(10)2/h5,7,11H,4,6H2,1-3H3. The summed E-state index contributed by atoms with van der Waals surface area (Å²) in [4.78, 5) is 4.25. The zero-order chi connectivity index (χ0) is 8.97. The first-order valence-electron chi connectivity index (χ1n) is 4.37. The lowest BCUT2D eigenvalue weighted by Gasteiger charge is -2.05. The summed E-state index contributed by atoms with van der Waals surface area (Å²) in [5.41, 5.74) is 3.71. The first-order valence-corrected chi connectivity index (χ1v) is 4.37. The average Bonchev–Trinajstić information content (AvgIpc) is 2.03. The van der Waals surface area contributed by atoms with Gasteiger partial charge in [-0.15, -0.1) is 0 Å². The molecule has 0 radical (unpaired) electrons. The Kier molecular flexibility index (Phi) is 3.23. The third-order valence-corrected chi connectivity index (χ3v) is 1.92. The molecule has 0 saturated carbocycles. The van der Waals surface area contributed by atoms with E-state index in [9.17, 15) is 0 Å². The van der Waals surface area contributed by atoms with E-state index in [0.29, 0.717) is 0 Å². The predicted octanol–water partition coefficient (Wildman–Crippen LogP) is 1.81. The Hall–Kier alpha value is -0.890. The number of pyridine rings is 1. The normalized spacial score (nSPS) is 10.2. The van der Waals surface area contributed by atoms with Crippen molar-refractivity contribution in [2.45, 2.75) is 27.3 Å². The van der Waals surface area contributed by atoms with Gasteiger partial charge in [-0.2, -0.15) is 0 Å². The van der Waals surface area contributed by atoms with Gasteiger partial charge in [0.05, 0.1) is 0 Å². The number of nitrogens with one attached hydrogen (secondary N) is 1. The third-order valence-electron chi connectivity index (χ3n) is 1.92. The highest BCUT2D eigenvalue weighted by atomic mass is 14.8. The van der Waals surface area contributed by atoms with E-state index in [1.54, 1.807) is 0 Å². The summed E-state index contributed by atoms with van der Waals surface area (Å²) in [7, 11) is 0. The molecule has 12 heavy (non-hydrogen) atoms. The van der Waals surface area contributed by atoms with Crippen molar-refractivity contribution in [2.24, 2.45) is 0 Å². The second-order valence-corrected chi connectivity index (χ2v) is 3.03. The van der Waals surface area contributed by atoms with E-state index in [1.165, 1.54) is 11.1 Å². The molecule has 0 bridgehead atoms. The Bertz CT molecular complexity index is 256. The average molecular weight is 164 g/mol. The highest BCUT2D eigenvalue weighted by Crippen LogP contribution is 2.06. The van der Waals surface area contributed by atoms with E-state index in [-0.39, 0.29) is 0 Å². The van der Waals surface area contributed by atoms with Crippen LogP contribution in [0.1, 0.15) is 23.7 Å². The Morgan fingerprint density at radius 2 is 2.17 bits per heavy atom. The molecule has 0 amide bonds. The lowest BCUT2D eigenvalue weighted by Crippen LogP contribution is -2.13. The largest absolute Gasteiger partial charge is 0.313 e. The zero-order valence-electron chi connectivity index (χ0n) is 8.02. The molecule has 1 aromatic heterocycles. The van der Waals surface area contributed by atoms with Crippen molar-refractivity contribution in [1.29, 1.82) is 0 Å². The fraction of sp³-hybridized carbons (Fsp3) is 0.500. The van der Waals surface area contributed by atoms with E-state index in [2.05, 4.69) is 30.2 Å². The molecular weight excluding hydrogens is 148 g/mol. The molecular formula is C10H16N2. The third kappa shape index (κ3) is 2.31. The number of aryl methyl sites for hydroxylation is 2. The van der Waals surface area contributed by atoms with E-state index < -0.39 is 0 Å². The number of hydrogen-bond donors (Lipinski definition) is 1. The molecule has 1 N–H and O–H groups in total. The number of nitrogens with zero attached hydrogens (tertiary/aromatic N) is 1. The van der Waals surface area contributed by atoms with Crippen LogP contribution in [-0.4, -0.2) is 11.5 Å². The van der Waals surface area contributed by atoms with Crippen LogP contribution in [0.25, 0.3) is 0 Å². The van der Waals surface area contributed by atoms with Gasteiger partial charge in [0, 0.05) is 18.4 Å². The molecule has 0 spiro atoms. The molecule has 0 aliphatic rings. The maximum absolute atomic E-state index is 4.25. The molecule has 1 rings (SSSR count). The highest BCUT2D eigenvalue weighted by molar-refractivity contribution is 5.24. The quantitative estimate of drug-likeness (QED) is 0.737. The van der Waals surface area contributed by atoms with Crippen LogP contribution in [0.15, 0.2) is 12.3 Å². The molecule has 0 unspecified atom stereocenters. The van der Waals surface area contributed by atoms with Crippen molar-refractivity contribution >= 4 is 0 Å². The van der Waals surface area contributed by atoms with Gasteiger partial charge in [-0.05, 0) is 37.6 Å². The smallest absolute Gasteiger partial charge is 0.0375 e. The van der Waals surface area contributed by atoms with Gasteiger partial charge in [0.2, 0.25) is 0 Å². The van der Waals surface area contributed by atoms with Gasteiger partial charge in [-0.3, -0.25) is 4.98 Å². The fourth-order valence-corrected chi connectivity index (χ4v) is 1.17. The zero-order valence-corrected chi connectivity index (χ0v) is 8.02. The van der Waals surface area contributed by atoms with Gasteiger partial charge >= 0.3 is 0 Å².